The van der Waals surface area contributed by atoms with Crippen LogP contribution in [0.15, 0.2) is 11.4 Å². The number of hydrogen-bond donors (Lipinski definition) is 1. The van der Waals surface area contributed by atoms with Gasteiger partial charge in [-0.25, -0.2) is 0 Å². The maximum atomic E-state index is 12.3. The lowest BCUT2D eigenvalue weighted by molar-refractivity contribution is -0.141. The molecule has 2 unspecified atom stereocenters. The minimum atomic E-state index is -0.871. The Kier molecular flexibility index (Phi) is 3.43. The van der Waals surface area contributed by atoms with Crippen LogP contribution in [0.4, 0.5) is 0 Å². The fraction of sp³-hybridized carbons (Fsp3) is 0.571. The number of carbonyl (C=O) groups excluding carboxylic acids is 1. The van der Waals surface area contributed by atoms with Gasteiger partial charge < -0.3 is 10.0 Å². The Hall–Kier alpha value is -1.36. The second kappa shape index (κ2) is 4.63. The SMILES string of the molecule is Cc1ccsc1CN(C)C(=O)C1C(C(=O)O)C1(C)C. The molecule has 0 spiro atoms. The molecular formula is C14H19NO3S. The summed E-state index contributed by atoms with van der Waals surface area (Å²) in [6.07, 6.45) is 0. The zero-order valence-electron chi connectivity index (χ0n) is 11.6. The van der Waals surface area contributed by atoms with Gasteiger partial charge >= 0.3 is 5.97 Å². The largest absolute Gasteiger partial charge is 0.481 e. The Bertz CT molecular complexity index is 521. The van der Waals surface area contributed by atoms with Crippen molar-refractivity contribution < 1.29 is 14.7 Å². The molecule has 1 aromatic rings. The second-order valence-corrected chi connectivity index (χ2v) is 6.84. The average molecular weight is 281 g/mol. The van der Waals surface area contributed by atoms with Crippen LogP contribution in [0.5, 0.6) is 0 Å². The molecule has 0 radical (unpaired) electrons. The third-order valence-corrected chi connectivity index (χ3v) is 5.09. The summed E-state index contributed by atoms with van der Waals surface area (Å²) in [4.78, 5) is 26.3. The van der Waals surface area contributed by atoms with E-state index < -0.39 is 23.2 Å². The molecule has 5 heteroatoms. The van der Waals surface area contributed by atoms with Gasteiger partial charge in [-0.05, 0) is 29.3 Å². The molecule has 1 aliphatic carbocycles. The maximum Gasteiger partial charge on any atom is 0.307 e. The first-order valence-electron chi connectivity index (χ1n) is 6.27. The number of aliphatic carboxylic acids is 1. The maximum absolute atomic E-state index is 12.3. The Morgan fingerprint density at radius 1 is 1.42 bits per heavy atom. The van der Waals surface area contributed by atoms with Crippen molar-refractivity contribution in [1.82, 2.24) is 4.90 Å². The normalized spacial score (nSPS) is 24.0. The van der Waals surface area contributed by atoms with Crippen LogP contribution in [0.1, 0.15) is 24.3 Å². The summed E-state index contributed by atoms with van der Waals surface area (Å²) in [6.45, 7) is 6.27. The van der Waals surface area contributed by atoms with Crippen LogP contribution in [0.3, 0.4) is 0 Å². The molecule has 1 heterocycles. The Labute approximate surface area is 117 Å². The lowest BCUT2D eigenvalue weighted by Gasteiger charge is -2.17. The van der Waals surface area contributed by atoms with Crippen LogP contribution < -0.4 is 0 Å². The summed E-state index contributed by atoms with van der Waals surface area (Å²) < 4.78 is 0. The fourth-order valence-electron chi connectivity index (χ4n) is 2.66. The molecule has 104 valence electrons. The summed E-state index contributed by atoms with van der Waals surface area (Å²) >= 11 is 1.62. The smallest absolute Gasteiger partial charge is 0.307 e. The predicted molar refractivity (Wildman–Crippen MR) is 73.9 cm³/mol. The molecule has 0 aromatic carbocycles. The molecule has 0 saturated heterocycles. The molecule has 1 aliphatic rings. The van der Waals surface area contributed by atoms with E-state index in [0.717, 1.165) is 4.88 Å². The molecule has 1 aromatic heterocycles. The van der Waals surface area contributed by atoms with E-state index >= 15 is 0 Å². The number of carboxylic acid groups (broad SMARTS) is 1. The molecule has 2 rings (SSSR count). The topological polar surface area (TPSA) is 57.6 Å². The first-order chi connectivity index (χ1) is 8.76. The lowest BCUT2D eigenvalue weighted by Crippen LogP contribution is -2.29. The molecule has 1 amide bonds. The number of thiophene rings is 1. The summed E-state index contributed by atoms with van der Waals surface area (Å²) in [5, 5.41) is 11.1. The van der Waals surface area contributed by atoms with Gasteiger partial charge in [0.2, 0.25) is 5.91 Å². The van der Waals surface area contributed by atoms with Gasteiger partial charge in [0.25, 0.3) is 0 Å². The van der Waals surface area contributed by atoms with E-state index in [4.69, 9.17) is 5.11 Å². The summed E-state index contributed by atoms with van der Waals surface area (Å²) in [5.74, 6) is -1.88. The van der Waals surface area contributed by atoms with Crippen LogP contribution in [0.2, 0.25) is 0 Å². The summed E-state index contributed by atoms with van der Waals surface area (Å²) in [7, 11) is 1.74. The third-order valence-electron chi connectivity index (χ3n) is 4.08. The van der Waals surface area contributed by atoms with E-state index in [1.54, 1.807) is 23.3 Å². The van der Waals surface area contributed by atoms with E-state index in [1.165, 1.54) is 5.56 Å². The number of amides is 1. The number of rotatable bonds is 4. The molecule has 1 N–H and O–H groups in total. The number of carbonyl (C=O) groups is 2. The van der Waals surface area contributed by atoms with Crippen LogP contribution >= 0.6 is 11.3 Å². The van der Waals surface area contributed by atoms with Crippen molar-refractivity contribution in [3.63, 3.8) is 0 Å². The van der Waals surface area contributed by atoms with E-state index in [2.05, 4.69) is 0 Å². The first-order valence-corrected chi connectivity index (χ1v) is 7.15. The van der Waals surface area contributed by atoms with E-state index in [1.807, 2.05) is 32.2 Å². The number of hydrogen-bond acceptors (Lipinski definition) is 3. The van der Waals surface area contributed by atoms with Crippen molar-refractivity contribution >= 4 is 23.2 Å². The van der Waals surface area contributed by atoms with Gasteiger partial charge in [0.1, 0.15) is 0 Å². The van der Waals surface area contributed by atoms with E-state index in [0.29, 0.717) is 6.54 Å². The number of aryl methyl sites for hydroxylation is 1. The lowest BCUT2D eigenvalue weighted by atomic mass is 10.1. The molecule has 0 bridgehead atoms. The van der Waals surface area contributed by atoms with Crippen LogP contribution in [-0.4, -0.2) is 28.9 Å². The Morgan fingerprint density at radius 2 is 2.05 bits per heavy atom. The highest BCUT2D eigenvalue weighted by atomic mass is 32.1. The van der Waals surface area contributed by atoms with Gasteiger partial charge in [-0.15, -0.1) is 11.3 Å². The van der Waals surface area contributed by atoms with Gasteiger partial charge in [-0.3, -0.25) is 9.59 Å². The summed E-state index contributed by atoms with van der Waals surface area (Å²) in [5.41, 5.74) is 0.747. The quantitative estimate of drug-likeness (QED) is 0.921. The Morgan fingerprint density at radius 3 is 2.47 bits per heavy atom. The van der Waals surface area contributed by atoms with Gasteiger partial charge in [0.15, 0.2) is 0 Å². The van der Waals surface area contributed by atoms with Crippen molar-refractivity contribution in [2.75, 3.05) is 7.05 Å². The molecule has 19 heavy (non-hydrogen) atoms. The highest BCUT2D eigenvalue weighted by molar-refractivity contribution is 7.10. The molecule has 1 fully saturated rings. The molecule has 2 atom stereocenters. The second-order valence-electron chi connectivity index (χ2n) is 5.84. The number of nitrogens with zero attached hydrogens (tertiary/aromatic N) is 1. The van der Waals surface area contributed by atoms with Crippen molar-refractivity contribution in [3.05, 3.63) is 21.9 Å². The average Bonchev–Trinajstić information content (AvgIpc) is 2.66. The Balaban J connectivity index is 2.05. The van der Waals surface area contributed by atoms with Gasteiger partial charge in [0.05, 0.1) is 18.4 Å². The van der Waals surface area contributed by atoms with Crippen LogP contribution in [-0.2, 0) is 16.1 Å². The van der Waals surface area contributed by atoms with Gasteiger partial charge in [-0.2, -0.15) is 0 Å². The number of carboxylic acids is 1. The standard InChI is InChI=1S/C14H19NO3S/c1-8-5-6-19-9(8)7-15(4)12(16)10-11(13(17)18)14(10,2)3/h5-6,10-11H,7H2,1-4H3,(H,17,18). The van der Waals surface area contributed by atoms with E-state index in [-0.39, 0.29) is 5.91 Å². The zero-order valence-corrected chi connectivity index (χ0v) is 12.5. The molecule has 4 nitrogen and oxygen atoms in total. The molecular weight excluding hydrogens is 262 g/mol. The monoisotopic (exact) mass is 281 g/mol. The van der Waals surface area contributed by atoms with Crippen molar-refractivity contribution in [2.45, 2.75) is 27.3 Å². The summed E-state index contributed by atoms with van der Waals surface area (Å²) in [6, 6.07) is 2.03. The van der Waals surface area contributed by atoms with Crippen molar-refractivity contribution in [3.8, 4) is 0 Å². The van der Waals surface area contributed by atoms with Crippen molar-refractivity contribution in [1.29, 1.82) is 0 Å². The minimum absolute atomic E-state index is 0.0646. The van der Waals surface area contributed by atoms with Gasteiger partial charge in [-0.1, -0.05) is 13.8 Å². The highest BCUT2D eigenvalue weighted by Crippen LogP contribution is 2.59. The van der Waals surface area contributed by atoms with E-state index in [9.17, 15) is 9.59 Å². The van der Waals surface area contributed by atoms with Crippen molar-refractivity contribution in [2.24, 2.45) is 17.3 Å². The van der Waals surface area contributed by atoms with Gasteiger partial charge in [0, 0.05) is 11.9 Å². The third kappa shape index (κ3) is 2.39. The zero-order chi connectivity index (χ0) is 14.4. The first kappa shape index (κ1) is 14.1. The molecule has 1 saturated carbocycles. The molecule has 0 aliphatic heterocycles. The fourth-order valence-corrected chi connectivity index (χ4v) is 3.61. The highest BCUT2D eigenvalue weighted by Gasteiger charge is 2.66. The van der Waals surface area contributed by atoms with Crippen LogP contribution in [0, 0.1) is 24.2 Å². The predicted octanol–water partition coefficient (Wildman–Crippen LogP) is 2.37. The van der Waals surface area contributed by atoms with Crippen LogP contribution in [0.25, 0.3) is 0 Å². The minimum Gasteiger partial charge on any atom is -0.481 e.